The Balaban J connectivity index is 1.36. The second-order valence-corrected chi connectivity index (χ2v) is 11.1. The Morgan fingerprint density at radius 2 is 1.73 bits per heavy atom. The average Bonchev–Trinajstić information content (AvgIpc) is 3.23. The predicted octanol–water partition coefficient (Wildman–Crippen LogP) is 3.43. The van der Waals surface area contributed by atoms with Crippen molar-refractivity contribution in [1.29, 1.82) is 0 Å². The molecule has 1 aromatic rings. The molecule has 4 fully saturated rings. The van der Waals surface area contributed by atoms with Crippen LogP contribution in [0, 0.1) is 17.8 Å². The van der Waals surface area contributed by atoms with Gasteiger partial charge in [-0.25, -0.2) is 9.78 Å². The van der Waals surface area contributed by atoms with Gasteiger partial charge in [-0.05, 0) is 69.1 Å². The van der Waals surface area contributed by atoms with Crippen molar-refractivity contribution in [3.63, 3.8) is 0 Å². The summed E-state index contributed by atoms with van der Waals surface area (Å²) >= 11 is 1.43. The maximum atomic E-state index is 13.4. The minimum Gasteiger partial charge on any atom is -0.385 e. The number of hydrogen-bond acceptors (Lipinski definition) is 6. The van der Waals surface area contributed by atoms with Gasteiger partial charge in [0.15, 0.2) is 0 Å². The van der Waals surface area contributed by atoms with Crippen LogP contribution in [0.25, 0.3) is 0 Å². The van der Waals surface area contributed by atoms with E-state index in [9.17, 15) is 9.59 Å². The van der Waals surface area contributed by atoms with Crippen LogP contribution in [-0.4, -0.2) is 67.9 Å². The SMILES string of the molecule is COCCCNC(=O)c1csc(CN(CCCOC)C(=O)NC23CC4CC(CC(C4)C2)C3)n1. The van der Waals surface area contributed by atoms with Gasteiger partial charge in [-0.2, -0.15) is 0 Å². The summed E-state index contributed by atoms with van der Waals surface area (Å²) in [5.74, 6) is 2.16. The highest BCUT2D eigenvalue weighted by Gasteiger charge is 2.51. The first-order valence-electron chi connectivity index (χ1n) is 12.3. The summed E-state index contributed by atoms with van der Waals surface area (Å²) < 4.78 is 10.2. The Labute approximate surface area is 200 Å². The average molecular weight is 479 g/mol. The zero-order valence-electron chi connectivity index (χ0n) is 19.9. The van der Waals surface area contributed by atoms with Gasteiger partial charge in [-0.1, -0.05) is 0 Å². The van der Waals surface area contributed by atoms with Crippen LogP contribution in [0.3, 0.4) is 0 Å². The molecule has 0 aliphatic heterocycles. The van der Waals surface area contributed by atoms with Crippen LogP contribution in [0.4, 0.5) is 4.79 Å². The monoisotopic (exact) mass is 478 g/mol. The van der Waals surface area contributed by atoms with Crippen molar-refractivity contribution in [1.82, 2.24) is 20.5 Å². The van der Waals surface area contributed by atoms with Gasteiger partial charge in [0, 0.05) is 51.4 Å². The standard InChI is InChI=1S/C24H38N4O4S/c1-31-7-3-5-25-22(29)20-16-33-21(26-20)15-28(6-4-8-32-2)23(30)27-24-12-17-9-18(13-24)11-19(10-17)14-24/h16-19H,3-15H2,1-2H3,(H,25,29)(H,27,30). The van der Waals surface area contributed by atoms with E-state index in [1.807, 2.05) is 4.90 Å². The molecule has 1 heterocycles. The van der Waals surface area contributed by atoms with Crippen molar-refractivity contribution in [2.75, 3.05) is 40.5 Å². The molecule has 0 saturated heterocycles. The minimum absolute atomic E-state index is 0.00572. The van der Waals surface area contributed by atoms with Crippen LogP contribution in [0.1, 0.15) is 66.9 Å². The van der Waals surface area contributed by atoms with Crippen LogP contribution < -0.4 is 10.6 Å². The second kappa shape index (κ2) is 11.1. The molecular weight excluding hydrogens is 440 g/mol. The molecule has 33 heavy (non-hydrogen) atoms. The van der Waals surface area contributed by atoms with E-state index in [2.05, 4.69) is 15.6 Å². The molecule has 184 valence electrons. The first-order chi connectivity index (χ1) is 16.0. The van der Waals surface area contributed by atoms with Gasteiger partial charge in [0.2, 0.25) is 0 Å². The van der Waals surface area contributed by atoms with Crippen molar-refractivity contribution in [3.05, 3.63) is 16.1 Å². The largest absolute Gasteiger partial charge is 0.385 e. The Morgan fingerprint density at radius 3 is 2.36 bits per heavy atom. The molecule has 0 atom stereocenters. The number of thiazole rings is 1. The van der Waals surface area contributed by atoms with Crippen LogP contribution in [-0.2, 0) is 16.0 Å². The lowest BCUT2D eigenvalue weighted by Gasteiger charge is -2.57. The number of nitrogens with one attached hydrogen (secondary N) is 2. The first kappa shape index (κ1) is 24.4. The topological polar surface area (TPSA) is 92.8 Å². The fourth-order valence-corrected chi connectivity index (χ4v) is 7.17. The molecule has 0 spiro atoms. The van der Waals surface area contributed by atoms with Gasteiger partial charge < -0.3 is 25.0 Å². The fourth-order valence-electron chi connectivity index (χ4n) is 6.38. The van der Waals surface area contributed by atoms with E-state index in [-0.39, 0.29) is 17.5 Å². The van der Waals surface area contributed by atoms with Crippen molar-refractivity contribution >= 4 is 23.3 Å². The van der Waals surface area contributed by atoms with Gasteiger partial charge in [-0.15, -0.1) is 11.3 Å². The highest BCUT2D eigenvalue weighted by atomic mass is 32.1. The van der Waals surface area contributed by atoms with E-state index in [1.165, 1.54) is 30.6 Å². The Kier molecular flexibility index (Phi) is 8.24. The summed E-state index contributed by atoms with van der Waals surface area (Å²) in [6.07, 6.45) is 8.95. The number of urea groups is 1. The lowest BCUT2D eigenvalue weighted by atomic mass is 9.53. The predicted molar refractivity (Wildman–Crippen MR) is 127 cm³/mol. The van der Waals surface area contributed by atoms with Crippen LogP contribution >= 0.6 is 11.3 Å². The number of carbonyl (C=O) groups is 2. The van der Waals surface area contributed by atoms with Crippen molar-refractivity contribution in [2.24, 2.45) is 17.8 Å². The highest BCUT2D eigenvalue weighted by Crippen LogP contribution is 2.55. The molecule has 0 radical (unpaired) electrons. The van der Waals surface area contributed by atoms with Gasteiger partial charge in [-0.3, -0.25) is 4.79 Å². The number of hydrogen-bond donors (Lipinski definition) is 2. The second-order valence-electron chi connectivity index (χ2n) is 10.1. The minimum atomic E-state index is -0.183. The molecule has 3 amide bonds. The molecule has 0 aromatic carbocycles. The van der Waals surface area contributed by atoms with Crippen molar-refractivity contribution in [2.45, 2.75) is 63.5 Å². The molecule has 4 aliphatic carbocycles. The third kappa shape index (κ3) is 6.25. The summed E-state index contributed by atoms with van der Waals surface area (Å²) in [6.45, 7) is 2.77. The van der Waals surface area contributed by atoms with E-state index < -0.39 is 0 Å². The maximum Gasteiger partial charge on any atom is 0.318 e. The summed E-state index contributed by atoms with van der Waals surface area (Å²) in [4.78, 5) is 32.1. The number of carbonyl (C=O) groups excluding carboxylic acids is 2. The van der Waals surface area contributed by atoms with E-state index in [4.69, 9.17) is 9.47 Å². The smallest absolute Gasteiger partial charge is 0.318 e. The number of rotatable bonds is 12. The molecular formula is C24H38N4O4S. The summed E-state index contributed by atoms with van der Waals surface area (Å²) in [5.41, 5.74) is 0.382. The van der Waals surface area contributed by atoms with E-state index in [1.54, 1.807) is 19.6 Å². The summed E-state index contributed by atoms with van der Waals surface area (Å²) in [7, 11) is 3.32. The van der Waals surface area contributed by atoms with E-state index in [0.717, 1.165) is 54.9 Å². The van der Waals surface area contributed by atoms with Crippen molar-refractivity contribution in [3.8, 4) is 0 Å². The van der Waals surface area contributed by atoms with Gasteiger partial charge in [0.05, 0.1) is 6.54 Å². The van der Waals surface area contributed by atoms with Crippen molar-refractivity contribution < 1.29 is 19.1 Å². The van der Waals surface area contributed by atoms with E-state index in [0.29, 0.717) is 38.5 Å². The third-order valence-corrected chi connectivity index (χ3v) is 8.23. The molecule has 2 N–H and O–H groups in total. The molecule has 4 aliphatic rings. The van der Waals surface area contributed by atoms with Gasteiger partial charge >= 0.3 is 6.03 Å². The third-order valence-electron chi connectivity index (χ3n) is 7.40. The lowest BCUT2D eigenvalue weighted by Crippen LogP contribution is -2.61. The fraction of sp³-hybridized carbons (Fsp3) is 0.792. The van der Waals surface area contributed by atoms with Crippen LogP contribution in [0.15, 0.2) is 5.38 Å². The summed E-state index contributed by atoms with van der Waals surface area (Å²) in [5, 5.41) is 8.88. The molecule has 1 aromatic heterocycles. The highest BCUT2D eigenvalue weighted by molar-refractivity contribution is 7.09. The van der Waals surface area contributed by atoms with Crippen LogP contribution in [0.2, 0.25) is 0 Å². The number of aromatic nitrogens is 1. The number of nitrogens with zero attached hydrogens (tertiary/aromatic N) is 2. The number of methoxy groups -OCH3 is 2. The maximum absolute atomic E-state index is 13.4. The Morgan fingerprint density at radius 1 is 1.09 bits per heavy atom. The molecule has 0 unspecified atom stereocenters. The molecule has 4 bridgehead atoms. The number of ether oxygens (including phenoxy) is 2. The Hall–Kier alpha value is -1.71. The van der Waals surface area contributed by atoms with Gasteiger partial charge in [0.1, 0.15) is 10.7 Å². The lowest BCUT2D eigenvalue weighted by molar-refractivity contribution is -0.0159. The zero-order chi connectivity index (χ0) is 23.3. The number of amides is 3. The molecule has 4 saturated carbocycles. The molecule has 8 nitrogen and oxygen atoms in total. The zero-order valence-corrected chi connectivity index (χ0v) is 20.8. The normalized spacial score (nSPS) is 27.5. The Bertz CT molecular complexity index is 779. The summed E-state index contributed by atoms with van der Waals surface area (Å²) in [6, 6.07) is -0.00572. The van der Waals surface area contributed by atoms with Crippen LogP contribution in [0.5, 0.6) is 0 Å². The van der Waals surface area contributed by atoms with Gasteiger partial charge in [0.25, 0.3) is 5.91 Å². The van der Waals surface area contributed by atoms with E-state index >= 15 is 0 Å². The quantitative estimate of drug-likeness (QED) is 0.449. The molecule has 9 heteroatoms. The molecule has 5 rings (SSSR count). The first-order valence-corrected chi connectivity index (χ1v) is 13.2.